The van der Waals surface area contributed by atoms with Crippen molar-refractivity contribution in [2.24, 2.45) is 11.8 Å². The molecule has 0 amide bonds. The van der Waals surface area contributed by atoms with E-state index >= 15 is 0 Å². The van der Waals surface area contributed by atoms with Crippen molar-refractivity contribution < 1.29 is 4.74 Å². The van der Waals surface area contributed by atoms with Gasteiger partial charge in [-0.25, -0.2) is 0 Å². The van der Waals surface area contributed by atoms with Crippen LogP contribution in [0.3, 0.4) is 0 Å². The Morgan fingerprint density at radius 2 is 2.23 bits per heavy atom. The van der Waals surface area contributed by atoms with Gasteiger partial charge in [0.1, 0.15) is 0 Å². The van der Waals surface area contributed by atoms with E-state index in [9.17, 15) is 0 Å². The van der Waals surface area contributed by atoms with Crippen molar-refractivity contribution in [3.63, 3.8) is 0 Å². The van der Waals surface area contributed by atoms with Gasteiger partial charge in [0.25, 0.3) is 0 Å². The zero-order valence-electron chi connectivity index (χ0n) is 8.75. The Kier molecular flexibility index (Phi) is 2.89. The summed E-state index contributed by atoms with van der Waals surface area (Å²) in [6, 6.07) is 1.55. The second-order valence-electron chi connectivity index (χ2n) is 4.62. The first-order valence-corrected chi connectivity index (χ1v) is 5.65. The molecule has 2 heteroatoms. The van der Waals surface area contributed by atoms with E-state index in [0.29, 0.717) is 5.92 Å². The monoisotopic (exact) mass is 183 g/mol. The summed E-state index contributed by atoms with van der Waals surface area (Å²) in [5.74, 6) is 1.67. The van der Waals surface area contributed by atoms with Crippen LogP contribution >= 0.6 is 0 Å². The van der Waals surface area contributed by atoms with E-state index in [4.69, 9.17) is 4.74 Å². The summed E-state index contributed by atoms with van der Waals surface area (Å²) in [5, 5.41) is 3.76. The molecule has 1 saturated heterocycles. The summed E-state index contributed by atoms with van der Waals surface area (Å²) in [6.07, 6.45) is 3.95. The molecular weight excluding hydrogens is 162 g/mol. The highest BCUT2D eigenvalue weighted by Crippen LogP contribution is 2.34. The molecule has 4 unspecified atom stereocenters. The van der Waals surface area contributed by atoms with E-state index in [1.165, 1.54) is 19.3 Å². The number of hydrogen-bond donors (Lipinski definition) is 1. The summed E-state index contributed by atoms with van der Waals surface area (Å²) in [4.78, 5) is 0. The van der Waals surface area contributed by atoms with Gasteiger partial charge < -0.3 is 10.1 Å². The predicted octanol–water partition coefficient (Wildman–Crippen LogP) is 1.80. The Hall–Kier alpha value is -0.0800. The SMILES string of the molecule is CCC1CC1NC1CCOCC1C. The lowest BCUT2D eigenvalue weighted by molar-refractivity contribution is 0.0382. The fourth-order valence-electron chi connectivity index (χ4n) is 2.31. The maximum Gasteiger partial charge on any atom is 0.0506 e. The molecule has 2 nitrogen and oxygen atoms in total. The molecule has 13 heavy (non-hydrogen) atoms. The number of ether oxygens (including phenoxy) is 1. The minimum absolute atomic E-state index is 0.701. The van der Waals surface area contributed by atoms with Gasteiger partial charge in [0, 0.05) is 18.7 Å². The second-order valence-corrected chi connectivity index (χ2v) is 4.62. The molecule has 0 spiro atoms. The van der Waals surface area contributed by atoms with Crippen LogP contribution in [0.5, 0.6) is 0 Å². The van der Waals surface area contributed by atoms with Gasteiger partial charge in [0.2, 0.25) is 0 Å². The average Bonchev–Trinajstić information content (AvgIpc) is 2.88. The molecule has 0 aromatic rings. The normalized spacial score (nSPS) is 44.8. The lowest BCUT2D eigenvalue weighted by Gasteiger charge is -2.30. The van der Waals surface area contributed by atoms with Crippen LogP contribution in [-0.4, -0.2) is 25.3 Å². The predicted molar refractivity (Wildman–Crippen MR) is 53.7 cm³/mol. The number of nitrogens with one attached hydrogen (secondary N) is 1. The van der Waals surface area contributed by atoms with Crippen molar-refractivity contribution in [2.75, 3.05) is 13.2 Å². The molecule has 0 bridgehead atoms. The fraction of sp³-hybridized carbons (Fsp3) is 1.00. The standard InChI is InChI=1S/C11H21NO/c1-3-9-6-11(9)12-10-4-5-13-7-8(10)2/h8-12H,3-7H2,1-2H3. The van der Waals surface area contributed by atoms with Crippen LogP contribution in [0.4, 0.5) is 0 Å². The summed E-state index contributed by atoms with van der Waals surface area (Å²) >= 11 is 0. The lowest BCUT2D eigenvalue weighted by atomic mass is 9.98. The average molecular weight is 183 g/mol. The van der Waals surface area contributed by atoms with Gasteiger partial charge in [0.05, 0.1) is 6.61 Å². The van der Waals surface area contributed by atoms with Gasteiger partial charge in [0.15, 0.2) is 0 Å². The van der Waals surface area contributed by atoms with Gasteiger partial charge in [-0.1, -0.05) is 20.3 Å². The summed E-state index contributed by atoms with van der Waals surface area (Å²) in [7, 11) is 0. The second kappa shape index (κ2) is 3.97. The quantitative estimate of drug-likeness (QED) is 0.720. The van der Waals surface area contributed by atoms with Gasteiger partial charge in [-0.05, 0) is 24.7 Å². The molecule has 1 heterocycles. The molecule has 1 aliphatic carbocycles. The molecule has 1 N–H and O–H groups in total. The third-order valence-corrected chi connectivity index (χ3v) is 3.52. The van der Waals surface area contributed by atoms with Crippen molar-refractivity contribution in [1.82, 2.24) is 5.32 Å². The van der Waals surface area contributed by atoms with Crippen molar-refractivity contribution in [2.45, 2.75) is 45.2 Å². The highest BCUT2D eigenvalue weighted by molar-refractivity contribution is 4.95. The smallest absolute Gasteiger partial charge is 0.0506 e. The van der Waals surface area contributed by atoms with Crippen LogP contribution in [0.1, 0.15) is 33.1 Å². The van der Waals surface area contributed by atoms with Gasteiger partial charge in [-0.15, -0.1) is 0 Å². The first kappa shape index (κ1) is 9.47. The molecule has 1 aliphatic heterocycles. The Labute approximate surface area is 81.0 Å². The maximum atomic E-state index is 5.43. The van der Waals surface area contributed by atoms with Crippen LogP contribution < -0.4 is 5.32 Å². The van der Waals surface area contributed by atoms with Crippen molar-refractivity contribution in [1.29, 1.82) is 0 Å². The first-order chi connectivity index (χ1) is 6.31. The highest BCUT2D eigenvalue weighted by Gasteiger charge is 2.37. The summed E-state index contributed by atoms with van der Waals surface area (Å²) in [5.41, 5.74) is 0. The number of rotatable bonds is 3. The van der Waals surface area contributed by atoms with Crippen LogP contribution in [0.15, 0.2) is 0 Å². The molecule has 1 saturated carbocycles. The van der Waals surface area contributed by atoms with Crippen LogP contribution in [-0.2, 0) is 4.74 Å². The molecule has 2 aliphatic rings. The first-order valence-electron chi connectivity index (χ1n) is 5.65. The lowest BCUT2D eigenvalue weighted by Crippen LogP contribution is -2.42. The molecule has 4 atom stereocenters. The zero-order valence-corrected chi connectivity index (χ0v) is 8.75. The van der Waals surface area contributed by atoms with Gasteiger partial charge in [-0.2, -0.15) is 0 Å². The highest BCUT2D eigenvalue weighted by atomic mass is 16.5. The third kappa shape index (κ3) is 2.23. The van der Waals surface area contributed by atoms with Crippen LogP contribution in [0, 0.1) is 11.8 Å². The third-order valence-electron chi connectivity index (χ3n) is 3.52. The molecule has 2 rings (SSSR count). The van der Waals surface area contributed by atoms with Gasteiger partial charge >= 0.3 is 0 Å². The van der Waals surface area contributed by atoms with E-state index in [-0.39, 0.29) is 0 Å². The Balaban J connectivity index is 1.74. The van der Waals surface area contributed by atoms with Crippen molar-refractivity contribution >= 4 is 0 Å². The van der Waals surface area contributed by atoms with E-state index in [2.05, 4.69) is 19.2 Å². The minimum atomic E-state index is 0.701. The van der Waals surface area contributed by atoms with Crippen molar-refractivity contribution in [3.05, 3.63) is 0 Å². The van der Waals surface area contributed by atoms with E-state index < -0.39 is 0 Å². The van der Waals surface area contributed by atoms with Crippen LogP contribution in [0.25, 0.3) is 0 Å². The van der Waals surface area contributed by atoms with E-state index in [1.54, 1.807) is 0 Å². The zero-order chi connectivity index (χ0) is 9.26. The Morgan fingerprint density at radius 3 is 2.85 bits per heavy atom. The fourth-order valence-corrected chi connectivity index (χ4v) is 2.31. The van der Waals surface area contributed by atoms with E-state index in [0.717, 1.165) is 31.2 Å². The van der Waals surface area contributed by atoms with Crippen molar-refractivity contribution in [3.8, 4) is 0 Å². The molecular formula is C11H21NO. The van der Waals surface area contributed by atoms with Gasteiger partial charge in [-0.3, -0.25) is 0 Å². The maximum absolute atomic E-state index is 5.43. The number of hydrogen-bond acceptors (Lipinski definition) is 2. The summed E-state index contributed by atoms with van der Waals surface area (Å²) < 4.78 is 5.43. The molecule has 0 radical (unpaired) electrons. The topological polar surface area (TPSA) is 21.3 Å². The van der Waals surface area contributed by atoms with Crippen LogP contribution in [0.2, 0.25) is 0 Å². The Bertz CT molecular complexity index is 171. The molecule has 0 aromatic heterocycles. The van der Waals surface area contributed by atoms with E-state index in [1.807, 2.05) is 0 Å². The molecule has 0 aromatic carbocycles. The Morgan fingerprint density at radius 1 is 1.38 bits per heavy atom. The summed E-state index contributed by atoms with van der Waals surface area (Å²) in [6.45, 7) is 6.48. The minimum Gasteiger partial charge on any atom is -0.381 e. The molecule has 2 fully saturated rings. The largest absolute Gasteiger partial charge is 0.381 e. The molecule has 76 valence electrons.